The van der Waals surface area contributed by atoms with Crippen molar-refractivity contribution in [1.82, 2.24) is 14.8 Å². The van der Waals surface area contributed by atoms with E-state index in [0.717, 1.165) is 0 Å². The fourth-order valence-electron chi connectivity index (χ4n) is 3.46. The van der Waals surface area contributed by atoms with Gasteiger partial charge in [0.15, 0.2) is 0 Å². The van der Waals surface area contributed by atoms with Crippen LogP contribution in [0.5, 0.6) is 5.88 Å². The average Bonchev–Trinajstić information content (AvgIpc) is 2.80. The Bertz CT molecular complexity index is 1080. The van der Waals surface area contributed by atoms with Crippen LogP contribution in [0.3, 0.4) is 0 Å². The lowest BCUT2D eigenvalue weighted by atomic mass is 10.00. The highest BCUT2D eigenvalue weighted by molar-refractivity contribution is 5.97. The molecule has 0 spiro atoms. The molecule has 1 aliphatic rings. The number of carbonyl (C=O) groups excluding carboxylic acids is 2. The Morgan fingerprint density at radius 1 is 1.33 bits per heavy atom. The number of pyridine rings is 1. The van der Waals surface area contributed by atoms with Crippen molar-refractivity contribution < 1.29 is 23.8 Å². The quantitative estimate of drug-likeness (QED) is 0.719. The van der Waals surface area contributed by atoms with Crippen molar-refractivity contribution in [3.05, 3.63) is 59.0 Å². The van der Waals surface area contributed by atoms with Crippen molar-refractivity contribution in [3.63, 3.8) is 0 Å². The van der Waals surface area contributed by atoms with E-state index in [-0.39, 0.29) is 41.6 Å². The predicted octanol–water partition coefficient (Wildman–Crippen LogP) is 2.32. The molecule has 0 fully saturated rings. The summed E-state index contributed by atoms with van der Waals surface area (Å²) in [7, 11) is 1.69. The van der Waals surface area contributed by atoms with Crippen LogP contribution in [0, 0.1) is 23.6 Å². The number of aromatic nitrogens is 1. The van der Waals surface area contributed by atoms with Crippen LogP contribution in [0.25, 0.3) is 0 Å². The highest BCUT2D eigenvalue weighted by Crippen LogP contribution is 2.27. The number of carbonyl (C=O) groups is 2. The van der Waals surface area contributed by atoms with Gasteiger partial charge < -0.3 is 19.6 Å². The van der Waals surface area contributed by atoms with Crippen LogP contribution < -0.4 is 4.74 Å². The number of hydrogen-bond acceptors (Lipinski definition) is 5. The zero-order valence-electron chi connectivity index (χ0n) is 19.2. The van der Waals surface area contributed by atoms with Crippen LogP contribution in [-0.4, -0.2) is 70.6 Å². The van der Waals surface area contributed by atoms with Crippen LogP contribution in [0.15, 0.2) is 36.5 Å². The van der Waals surface area contributed by atoms with Gasteiger partial charge >= 0.3 is 0 Å². The van der Waals surface area contributed by atoms with Gasteiger partial charge in [0.2, 0.25) is 11.8 Å². The van der Waals surface area contributed by atoms with Crippen LogP contribution in [-0.2, 0) is 4.79 Å². The minimum Gasteiger partial charge on any atom is -0.472 e. The van der Waals surface area contributed by atoms with Crippen LogP contribution in [0.1, 0.15) is 42.3 Å². The van der Waals surface area contributed by atoms with Crippen LogP contribution in [0.2, 0.25) is 0 Å². The maximum absolute atomic E-state index is 13.4. The van der Waals surface area contributed by atoms with Crippen molar-refractivity contribution in [3.8, 4) is 17.7 Å². The molecule has 1 N–H and O–H groups in total. The van der Waals surface area contributed by atoms with E-state index in [1.807, 2.05) is 6.92 Å². The lowest BCUT2D eigenvalue weighted by Gasteiger charge is -2.37. The third-order valence-electron chi connectivity index (χ3n) is 5.71. The molecule has 8 heteroatoms. The van der Waals surface area contributed by atoms with Gasteiger partial charge in [-0.2, -0.15) is 0 Å². The van der Waals surface area contributed by atoms with Gasteiger partial charge in [0.05, 0.1) is 19.2 Å². The molecule has 0 unspecified atom stereocenters. The SMILES string of the molecule is CC(=O)N(C)C[C@H]1Oc2ncc(C#Cc3ccc(F)cc3)cc2C(=O)N([C@@H](C)CO)C[C@H]1C. The number of ether oxygens (including phenoxy) is 1. The van der Waals surface area contributed by atoms with E-state index in [0.29, 0.717) is 24.2 Å². The fourth-order valence-corrected chi connectivity index (χ4v) is 3.46. The Hall–Kier alpha value is -3.44. The smallest absolute Gasteiger partial charge is 0.259 e. The number of likely N-dealkylation sites (N-methyl/N-ethyl adjacent to an activating group) is 1. The van der Waals surface area contributed by atoms with Crippen molar-refractivity contribution in [2.24, 2.45) is 5.92 Å². The van der Waals surface area contributed by atoms with E-state index < -0.39 is 12.1 Å². The second-order valence-electron chi connectivity index (χ2n) is 8.36. The molecule has 0 saturated carbocycles. The molecule has 1 aromatic carbocycles. The predicted molar refractivity (Wildman–Crippen MR) is 121 cm³/mol. The Labute approximate surface area is 193 Å². The molecular weight excluding hydrogens is 425 g/mol. The van der Waals surface area contributed by atoms with Crippen LogP contribution >= 0.6 is 0 Å². The van der Waals surface area contributed by atoms with E-state index in [1.54, 1.807) is 42.0 Å². The van der Waals surface area contributed by atoms with Crippen molar-refractivity contribution >= 4 is 11.8 Å². The molecule has 0 saturated heterocycles. The lowest BCUT2D eigenvalue weighted by Crippen LogP contribution is -2.50. The van der Waals surface area contributed by atoms with Gasteiger partial charge in [0.1, 0.15) is 17.5 Å². The Morgan fingerprint density at radius 3 is 2.64 bits per heavy atom. The molecule has 174 valence electrons. The van der Waals surface area contributed by atoms with Crippen molar-refractivity contribution in [2.75, 3.05) is 26.7 Å². The summed E-state index contributed by atoms with van der Waals surface area (Å²) in [5.74, 6) is 5.18. The number of aliphatic hydroxyl groups is 1. The minimum absolute atomic E-state index is 0.0934. The zero-order valence-corrected chi connectivity index (χ0v) is 19.2. The van der Waals surface area contributed by atoms with Gasteiger partial charge in [-0.05, 0) is 37.3 Å². The van der Waals surface area contributed by atoms with E-state index in [1.165, 1.54) is 25.3 Å². The monoisotopic (exact) mass is 453 g/mol. The van der Waals surface area contributed by atoms with Crippen molar-refractivity contribution in [2.45, 2.75) is 32.9 Å². The summed E-state index contributed by atoms with van der Waals surface area (Å²) < 4.78 is 19.2. The lowest BCUT2D eigenvalue weighted by molar-refractivity contribution is -0.129. The first-order valence-corrected chi connectivity index (χ1v) is 10.8. The Balaban J connectivity index is 1.99. The maximum atomic E-state index is 13.4. The summed E-state index contributed by atoms with van der Waals surface area (Å²) >= 11 is 0. The first kappa shape index (κ1) is 24.2. The van der Waals surface area contributed by atoms with Gasteiger partial charge in [-0.3, -0.25) is 9.59 Å². The highest BCUT2D eigenvalue weighted by Gasteiger charge is 2.34. The summed E-state index contributed by atoms with van der Waals surface area (Å²) in [4.78, 5) is 32.7. The summed E-state index contributed by atoms with van der Waals surface area (Å²) in [6.07, 6.45) is 1.11. The van der Waals surface area contributed by atoms with Gasteiger partial charge in [0.25, 0.3) is 5.91 Å². The number of halogens is 1. The molecule has 2 amide bonds. The molecule has 1 aromatic heterocycles. The van der Waals surface area contributed by atoms with E-state index >= 15 is 0 Å². The largest absolute Gasteiger partial charge is 0.472 e. The molecule has 2 heterocycles. The van der Waals surface area contributed by atoms with Gasteiger partial charge in [-0.1, -0.05) is 18.8 Å². The average molecular weight is 454 g/mol. The molecular formula is C25H28FN3O4. The third-order valence-corrected chi connectivity index (χ3v) is 5.71. The molecule has 33 heavy (non-hydrogen) atoms. The number of hydrogen-bond donors (Lipinski definition) is 1. The number of rotatable bonds is 4. The van der Waals surface area contributed by atoms with E-state index in [9.17, 15) is 19.1 Å². The standard InChI is InChI=1S/C25H28FN3O4/c1-16-13-29(17(2)15-30)25(32)22-11-20(6-5-19-7-9-21(26)10-8-19)12-27-24(22)33-23(16)14-28(4)18(3)31/h7-12,16-17,23,30H,13-15H2,1-4H3/t16-,17+,23-/m1/s1. The van der Waals surface area contributed by atoms with E-state index in [4.69, 9.17) is 4.74 Å². The number of fused-ring (bicyclic) bond motifs is 1. The molecule has 3 rings (SSSR count). The topological polar surface area (TPSA) is 83.0 Å². The number of nitrogens with zero attached hydrogens (tertiary/aromatic N) is 3. The second-order valence-corrected chi connectivity index (χ2v) is 8.36. The minimum atomic E-state index is -0.411. The van der Waals surface area contributed by atoms with E-state index in [2.05, 4.69) is 16.8 Å². The molecule has 7 nitrogen and oxygen atoms in total. The van der Waals surface area contributed by atoms with Crippen LogP contribution in [0.4, 0.5) is 4.39 Å². The molecule has 0 radical (unpaired) electrons. The molecule has 0 aliphatic carbocycles. The first-order chi connectivity index (χ1) is 15.7. The summed E-state index contributed by atoms with van der Waals surface area (Å²) in [5, 5.41) is 9.73. The number of amides is 2. The second kappa shape index (κ2) is 10.5. The fraction of sp³-hybridized carbons (Fsp3) is 0.400. The zero-order chi connectivity index (χ0) is 24.1. The number of benzene rings is 1. The molecule has 2 aromatic rings. The molecule has 0 bridgehead atoms. The van der Waals surface area contributed by atoms with Crippen molar-refractivity contribution in [1.29, 1.82) is 0 Å². The van der Waals surface area contributed by atoms with Gasteiger partial charge in [-0.15, -0.1) is 0 Å². The number of aliphatic hydroxyl groups excluding tert-OH is 1. The highest BCUT2D eigenvalue weighted by atomic mass is 19.1. The maximum Gasteiger partial charge on any atom is 0.259 e. The normalized spacial score (nSPS) is 18.7. The molecule has 3 atom stereocenters. The van der Waals surface area contributed by atoms with Gasteiger partial charge in [0, 0.05) is 43.8 Å². The Morgan fingerprint density at radius 2 is 2.00 bits per heavy atom. The third kappa shape index (κ3) is 5.88. The summed E-state index contributed by atoms with van der Waals surface area (Å²) in [5.41, 5.74) is 1.36. The molecule has 1 aliphatic heterocycles. The summed E-state index contributed by atoms with van der Waals surface area (Å²) in [6.45, 7) is 5.69. The van der Waals surface area contributed by atoms with Gasteiger partial charge in [-0.25, -0.2) is 9.37 Å². The Kier molecular flexibility index (Phi) is 7.67. The first-order valence-electron chi connectivity index (χ1n) is 10.8. The summed E-state index contributed by atoms with van der Waals surface area (Å²) in [6, 6.07) is 6.99.